The zero-order valence-corrected chi connectivity index (χ0v) is 11.4. The van der Waals surface area contributed by atoms with Gasteiger partial charge in [0.2, 0.25) is 0 Å². The van der Waals surface area contributed by atoms with Gasteiger partial charge in [-0.3, -0.25) is 0 Å². The third-order valence-electron chi connectivity index (χ3n) is 2.54. The zero-order chi connectivity index (χ0) is 14.4. The van der Waals surface area contributed by atoms with E-state index in [9.17, 15) is 4.79 Å². The van der Waals surface area contributed by atoms with Crippen molar-refractivity contribution in [3.63, 3.8) is 0 Å². The van der Waals surface area contributed by atoms with Crippen LogP contribution in [-0.2, 0) is 17.8 Å². The molecule has 0 bridgehead atoms. The van der Waals surface area contributed by atoms with Crippen LogP contribution in [0.15, 0.2) is 36.4 Å². The molecule has 1 N–H and O–H groups in total. The lowest BCUT2D eigenvalue weighted by molar-refractivity contribution is 0.0689. The maximum atomic E-state index is 10.8. The summed E-state index contributed by atoms with van der Waals surface area (Å²) in [6.07, 6.45) is 0.410. The van der Waals surface area contributed by atoms with Gasteiger partial charge >= 0.3 is 5.97 Å². The molecule has 104 valence electrons. The zero-order valence-electron chi connectivity index (χ0n) is 10.6. The minimum Gasteiger partial charge on any atom is -0.477 e. The summed E-state index contributed by atoms with van der Waals surface area (Å²) in [6.45, 7) is 0.890. The number of carboxylic acids is 1. The lowest BCUT2D eigenvalue weighted by Gasteiger charge is -2.05. The summed E-state index contributed by atoms with van der Waals surface area (Å²) in [4.78, 5) is 18.7. The Bertz CT molecular complexity index is 590. The van der Waals surface area contributed by atoms with Gasteiger partial charge in [-0.15, -0.1) is 0 Å². The number of aromatic carboxylic acids is 1. The Kier molecular flexibility index (Phi) is 5.03. The second-order valence-electron chi connectivity index (χ2n) is 4.09. The van der Waals surface area contributed by atoms with Crippen LogP contribution in [0.4, 0.5) is 0 Å². The number of rotatable bonds is 6. The van der Waals surface area contributed by atoms with Crippen molar-refractivity contribution in [1.82, 2.24) is 9.97 Å². The van der Waals surface area contributed by atoms with Crippen molar-refractivity contribution in [2.24, 2.45) is 0 Å². The third-order valence-corrected chi connectivity index (χ3v) is 2.74. The molecule has 0 saturated carbocycles. The molecule has 1 aromatic heterocycles. The highest BCUT2D eigenvalue weighted by Gasteiger charge is 2.09. The average Bonchev–Trinajstić information content (AvgIpc) is 2.44. The molecule has 0 saturated heterocycles. The van der Waals surface area contributed by atoms with Crippen LogP contribution in [0.5, 0.6) is 0 Å². The quantitative estimate of drug-likeness (QED) is 0.654. The lowest BCUT2D eigenvalue weighted by atomic mass is 10.2. The van der Waals surface area contributed by atoms with Crippen LogP contribution in [0, 0.1) is 0 Å². The molecule has 0 unspecified atom stereocenters. The van der Waals surface area contributed by atoms with Crippen molar-refractivity contribution in [2.75, 3.05) is 6.61 Å². The summed E-state index contributed by atoms with van der Waals surface area (Å²) in [5.41, 5.74) is 0.966. The first-order chi connectivity index (χ1) is 9.65. The van der Waals surface area contributed by atoms with E-state index in [0.29, 0.717) is 25.5 Å². The predicted molar refractivity (Wildman–Crippen MR) is 73.8 cm³/mol. The highest BCUT2D eigenvalue weighted by atomic mass is 35.5. The Morgan fingerprint density at radius 2 is 2.00 bits per heavy atom. The van der Waals surface area contributed by atoms with E-state index in [1.807, 2.05) is 30.3 Å². The molecule has 0 fully saturated rings. The Balaban J connectivity index is 1.86. The Labute approximate surface area is 121 Å². The van der Waals surface area contributed by atoms with Gasteiger partial charge in [-0.25, -0.2) is 14.8 Å². The van der Waals surface area contributed by atoms with Gasteiger partial charge in [0.15, 0.2) is 5.69 Å². The van der Waals surface area contributed by atoms with Gasteiger partial charge in [-0.2, -0.15) is 0 Å². The van der Waals surface area contributed by atoms with Crippen molar-refractivity contribution in [1.29, 1.82) is 0 Å². The van der Waals surface area contributed by atoms with Gasteiger partial charge < -0.3 is 9.84 Å². The second kappa shape index (κ2) is 6.98. The summed E-state index contributed by atoms with van der Waals surface area (Å²) in [7, 11) is 0. The van der Waals surface area contributed by atoms with Crippen molar-refractivity contribution >= 4 is 17.6 Å². The van der Waals surface area contributed by atoms with E-state index < -0.39 is 5.97 Å². The molecule has 20 heavy (non-hydrogen) atoms. The largest absolute Gasteiger partial charge is 0.477 e. The molecule has 5 nitrogen and oxygen atoms in total. The van der Waals surface area contributed by atoms with Crippen molar-refractivity contribution in [2.45, 2.75) is 13.0 Å². The number of benzene rings is 1. The minimum absolute atomic E-state index is 0.108. The van der Waals surface area contributed by atoms with Gasteiger partial charge in [0.05, 0.1) is 13.2 Å². The summed E-state index contributed by atoms with van der Waals surface area (Å²) in [6, 6.07) is 11.0. The first-order valence-electron chi connectivity index (χ1n) is 6.03. The van der Waals surface area contributed by atoms with E-state index in [1.165, 1.54) is 6.07 Å². The molecule has 0 aliphatic rings. The minimum atomic E-state index is -1.12. The van der Waals surface area contributed by atoms with E-state index in [4.69, 9.17) is 21.4 Å². The van der Waals surface area contributed by atoms with E-state index in [-0.39, 0.29) is 10.8 Å². The van der Waals surface area contributed by atoms with Crippen LogP contribution >= 0.6 is 11.6 Å². The van der Waals surface area contributed by atoms with Gasteiger partial charge in [0, 0.05) is 12.5 Å². The maximum absolute atomic E-state index is 10.8. The number of carbonyl (C=O) groups is 1. The molecular formula is C14H13ClN2O3. The standard InChI is InChI=1S/C14H13ClN2O3/c15-12-8-11(14(18)19)16-13(17-12)6-7-20-9-10-4-2-1-3-5-10/h1-5,8H,6-7,9H2,(H,18,19). The number of halogens is 1. The molecule has 2 aromatic rings. The van der Waals surface area contributed by atoms with Crippen molar-refractivity contribution in [3.8, 4) is 0 Å². The second-order valence-corrected chi connectivity index (χ2v) is 4.47. The van der Waals surface area contributed by atoms with Crippen molar-refractivity contribution < 1.29 is 14.6 Å². The molecule has 2 rings (SSSR count). The molecular weight excluding hydrogens is 280 g/mol. The van der Waals surface area contributed by atoms with E-state index in [0.717, 1.165) is 5.56 Å². The van der Waals surface area contributed by atoms with Gasteiger partial charge in [0.25, 0.3) is 0 Å². The smallest absolute Gasteiger partial charge is 0.354 e. The predicted octanol–water partition coefficient (Wildman–Crippen LogP) is 2.59. The number of carboxylic acid groups (broad SMARTS) is 1. The molecule has 0 atom stereocenters. The molecule has 1 aromatic carbocycles. The van der Waals surface area contributed by atoms with Gasteiger partial charge in [0.1, 0.15) is 11.0 Å². The molecule has 6 heteroatoms. The number of hydrogen-bond acceptors (Lipinski definition) is 4. The van der Waals surface area contributed by atoms with E-state index in [1.54, 1.807) is 0 Å². The molecule has 0 amide bonds. The van der Waals surface area contributed by atoms with Crippen LogP contribution in [0.3, 0.4) is 0 Å². The Morgan fingerprint density at radius 1 is 1.25 bits per heavy atom. The number of nitrogens with zero attached hydrogens (tertiary/aromatic N) is 2. The highest BCUT2D eigenvalue weighted by Crippen LogP contribution is 2.08. The van der Waals surface area contributed by atoms with Gasteiger partial charge in [-0.1, -0.05) is 41.9 Å². The van der Waals surface area contributed by atoms with Crippen LogP contribution in [0.25, 0.3) is 0 Å². The first-order valence-corrected chi connectivity index (χ1v) is 6.41. The van der Waals surface area contributed by atoms with Crippen LogP contribution in [0.1, 0.15) is 21.9 Å². The first kappa shape index (κ1) is 14.4. The molecule has 0 aliphatic heterocycles. The molecule has 0 spiro atoms. The molecule has 0 radical (unpaired) electrons. The fourth-order valence-electron chi connectivity index (χ4n) is 1.61. The van der Waals surface area contributed by atoms with E-state index in [2.05, 4.69) is 9.97 Å². The highest BCUT2D eigenvalue weighted by molar-refractivity contribution is 6.29. The molecule has 0 aliphatic carbocycles. The number of ether oxygens (including phenoxy) is 1. The molecule has 1 heterocycles. The Morgan fingerprint density at radius 3 is 2.70 bits per heavy atom. The van der Waals surface area contributed by atoms with Crippen LogP contribution < -0.4 is 0 Å². The average molecular weight is 293 g/mol. The summed E-state index contributed by atoms with van der Waals surface area (Å²) >= 11 is 5.75. The topological polar surface area (TPSA) is 72.3 Å². The van der Waals surface area contributed by atoms with Crippen molar-refractivity contribution in [3.05, 3.63) is 58.6 Å². The maximum Gasteiger partial charge on any atom is 0.354 e. The van der Waals surface area contributed by atoms with Crippen LogP contribution in [-0.4, -0.2) is 27.7 Å². The lowest BCUT2D eigenvalue weighted by Crippen LogP contribution is -2.08. The number of hydrogen-bond donors (Lipinski definition) is 1. The van der Waals surface area contributed by atoms with Gasteiger partial charge in [-0.05, 0) is 5.56 Å². The summed E-state index contributed by atoms with van der Waals surface area (Å²) in [5.74, 6) is -0.760. The monoisotopic (exact) mass is 292 g/mol. The summed E-state index contributed by atoms with van der Waals surface area (Å²) < 4.78 is 5.49. The van der Waals surface area contributed by atoms with E-state index >= 15 is 0 Å². The summed E-state index contributed by atoms with van der Waals surface area (Å²) in [5, 5.41) is 8.99. The SMILES string of the molecule is O=C(O)c1cc(Cl)nc(CCOCc2ccccc2)n1. The Hall–Kier alpha value is -1.98. The fraction of sp³-hybridized carbons (Fsp3) is 0.214. The third kappa shape index (κ3) is 4.29. The number of aromatic nitrogens is 2. The normalized spacial score (nSPS) is 10.4. The fourth-order valence-corrected chi connectivity index (χ4v) is 1.81. The van der Waals surface area contributed by atoms with Crippen LogP contribution in [0.2, 0.25) is 5.15 Å².